The molecule has 2 aromatic heterocycles. The summed E-state index contributed by atoms with van der Waals surface area (Å²) in [6.45, 7) is 5.89. The lowest BCUT2D eigenvalue weighted by atomic mass is 10.1. The van der Waals surface area contributed by atoms with Crippen LogP contribution in [-0.4, -0.2) is 38.7 Å². The second kappa shape index (κ2) is 9.61. The molecule has 0 N–H and O–H groups in total. The number of carbonyl (C=O) groups excluding carboxylic acids is 1. The van der Waals surface area contributed by atoms with Gasteiger partial charge in [0.25, 0.3) is 5.56 Å². The number of rotatable bonds is 8. The molecule has 182 valence electrons. The number of carbonyl (C=O) groups is 1. The lowest BCUT2D eigenvalue weighted by Crippen LogP contribution is -2.41. The summed E-state index contributed by atoms with van der Waals surface area (Å²) in [6, 6.07) is 12.4. The van der Waals surface area contributed by atoms with Gasteiger partial charge >= 0.3 is 5.69 Å². The molecular formula is C26H28N4O5. The number of Topliss-reactive ketones (excluding diaryl/α,β-unsaturated/α-hetero) is 1. The van der Waals surface area contributed by atoms with Crippen LogP contribution >= 0.6 is 0 Å². The second-order valence-corrected chi connectivity index (χ2v) is 8.80. The van der Waals surface area contributed by atoms with Gasteiger partial charge in [-0.1, -0.05) is 31.5 Å². The molecule has 0 saturated carbocycles. The minimum Gasteiger partial charge on any atom is -0.497 e. The molecule has 2 heterocycles. The Hall–Kier alpha value is -4.14. The molecule has 0 aliphatic carbocycles. The molecule has 0 bridgehead atoms. The van der Waals surface area contributed by atoms with Gasteiger partial charge in [0.05, 0.1) is 38.3 Å². The van der Waals surface area contributed by atoms with Crippen LogP contribution in [0.15, 0.2) is 58.4 Å². The molecule has 0 atom stereocenters. The Morgan fingerprint density at radius 3 is 2.37 bits per heavy atom. The van der Waals surface area contributed by atoms with Crippen molar-refractivity contribution in [1.29, 1.82) is 0 Å². The van der Waals surface area contributed by atoms with E-state index in [4.69, 9.17) is 9.47 Å². The maximum absolute atomic E-state index is 13.5. The van der Waals surface area contributed by atoms with E-state index in [2.05, 4.69) is 4.98 Å². The van der Waals surface area contributed by atoms with Gasteiger partial charge in [0.1, 0.15) is 11.5 Å². The number of hydrogen-bond acceptors (Lipinski definition) is 6. The normalized spacial score (nSPS) is 11.3. The molecule has 0 aliphatic rings. The van der Waals surface area contributed by atoms with E-state index in [9.17, 15) is 14.4 Å². The highest BCUT2D eigenvalue weighted by Crippen LogP contribution is 2.25. The molecule has 35 heavy (non-hydrogen) atoms. The monoisotopic (exact) mass is 476 g/mol. The molecular weight excluding hydrogens is 448 g/mol. The summed E-state index contributed by atoms with van der Waals surface area (Å²) in [5, 5.41) is 0. The fraction of sp³-hybridized carbons (Fsp3) is 0.308. The predicted octanol–water partition coefficient (Wildman–Crippen LogP) is 3.21. The molecule has 9 nitrogen and oxygen atoms in total. The van der Waals surface area contributed by atoms with E-state index < -0.39 is 11.2 Å². The van der Waals surface area contributed by atoms with Crippen LogP contribution < -0.4 is 20.7 Å². The van der Waals surface area contributed by atoms with E-state index in [0.717, 1.165) is 5.56 Å². The van der Waals surface area contributed by atoms with Crippen LogP contribution in [0, 0.1) is 12.8 Å². The van der Waals surface area contributed by atoms with Gasteiger partial charge in [-0.25, -0.2) is 14.3 Å². The molecule has 4 rings (SSSR count). The Morgan fingerprint density at radius 2 is 1.74 bits per heavy atom. The van der Waals surface area contributed by atoms with Gasteiger partial charge in [0.15, 0.2) is 16.9 Å². The largest absolute Gasteiger partial charge is 0.497 e. The van der Waals surface area contributed by atoms with Crippen molar-refractivity contribution in [3.05, 3.63) is 80.8 Å². The quantitative estimate of drug-likeness (QED) is 0.362. The van der Waals surface area contributed by atoms with Gasteiger partial charge in [-0.3, -0.25) is 14.2 Å². The fourth-order valence-electron chi connectivity index (χ4n) is 4.02. The van der Waals surface area contributed by atoms with Crippen LogP contribution in [0.3, 0.4) is 0 Å². The third kappa shape index (κ3) is 4.49. The van der Waals surface area contributed by atoms with Crippen molar-refractivity contribution >= 4 is 16.9 Å². The van der Waals surface area contributed by atoms with Crippen molar-refractivity contribution in [3.63, 3.8) is 0 Å². The van der Waals surface area contributed by atoms with Gasteiger partial charge in [-0.2, -0.15) is 0 Å². The lowest BCUT2D eigenvalue weighted by Gasteiger charge is -2.14. The summed E-state index contributed by atoms with van der Waals surface area (Å²) in [6.07, 6.45) is 1.42. The van der Waals surface area contributed by atoms with Crippen LogP contribution in [0.25, 0.3) is 16.9 Å². The number of methoxy groups -OCH3 is 2. The molecule has 0 aliphatic heterocycles. The lowest BCUT2D eigenvalue weighted by molar-refractivity contribution is 0.0970. The third-order valence-electron chi connectivity index (χ3n) is 5.76. The van der Waals surface area contributed by atoms with Crippen LogP contribution in [-0.2, 0) is 13.1 Å². The van der Waals surface area contributed by atoms with E-state index in [1.54, 1.807) is 18.2 Å². The van der Waals surface area contributed by atoms with Crippen LogP contribution in [0.2, 0.25) is 0 Å². The Kier molecular flexibility index (Phi) is 6.59. The molecule has 0 fully saturated rings. The molecule has 2 aromatic carbocycles. The highest BCUT2D eigenvalue weighted by molar-refractivity contribution is 5.99. The highest BCUT2D eigenvalue weighted by Gasteiger charge is 2.22. The first kappa shape index (κ1) is 24.0. The number of ketones is 1. The predicted molar refractivity (Wildman–Crippen MR) is 133 cm³/mol. The first-order valence-corrected chi connectivity index (χ1v) is 11.3. The number of ether oxygens (including phenoxy) is 2. The standard InChI is InChI=1S/C26H28N4O5/c1-16(2)13-29-25(32)23-24(30(26(29)33)18-8-6-17(3)7-9-18)27-15-28(23)14-21(31)20-12-19(34-4)10-11-22(20)35-5/h6-12,15-16H,13-14H2,1-5H3. The van der Waals surface area contributed by atoms with Crippen molar-refractivity contribution in [2.24, 2.45) is 5.92 Å². The molecule has 0 unspecified atom stereocenters. The smallest absolute Gasteiger partial charge is 0.337 e. The Bertz CT molecular complexity index is 1510. The number of aryl methyl sites for hydroxylation is 1. The van der Waals surface area contributed by atoms with Crippen molar-refractivity contribution < 1.29 is 14.3 Å². The molecule has 9 heteroatoms. The van der Waals surface area contributed by atoms with Crippen LogP contribution in [0.1, 0.15) is 29.8 Å². The van der Waals surface area contributed by atoms with Gasteiger partial charge in [0.2, 0.25) is 0 Å². The number of nitrogens with zero attached hydrogens (tertiary/aromatic N) is 4. The van der Waals surface area contributed by atoms with E-state index in [-0.39, 0.29) is 36.0 Å². The van der Waals surface area contributed by atoms with Gasteiger partial charge in [-0.15, -0.1) is 0 Å². The highest BCUT2D eigenvalue weighted by atomic mass is 16.5. The van der Waals surface area contributed by atoms with E-state index in [0.29, 0.717) is 22.7 Å². The van der Waals surface area contributed by atoms with Crippen LogP contribution in [0.5, 0.6) is 11.5 Å². The number of hydrogen-bond donors (Lipinski definition) is 0. The number of imidazole rings is 1. The number of fused-ring (bicyclic) bond motifs is 1. The zero-order valence-electron chi connectivity index (χ0n) is 20.4. The topological polar surface area (TPSA) is 97.3 Å². The van der Waals surface area contributed by atoms with Crippen LogP contribution in [0.4, 0.5) is 0 Å². The average molecular weight is 477 g/mol. The van der Waals surface area contributed by atoms with Crippen molar-refractivity contribution in [2.45, 2.75) is 33.9 Å². The summed E-state index contributed by atoms with van der Waals surface area (Å²) in [7, 11) is 3.00. The summed E-state index contributed by atoms with van der Waals surface area (Å²) in [5.74, 6) is 0.678. The minimum atomic E-state index is -0.482. The van der Waals surface area contributed by atoms with Crippen molar-refractivity contribution in [2.75, 3.05) is 14.2 Å². The Labute approximate surface area is 202 Å². The van der Waals surface area contributed by atoms with E-state index in [1.807, 2.05) is 45.0 Å². The first-order chi connectivity index (χ1) is 16.7. The number of aromatic nitrogens is 4. The fourth-order valence-corrected chi connectivity index (χ4v) is 4.02. The Balaban J connectivity index is 1.91. The van der Waals surface area contributed by atoms with Crippen molar-refractivity contribution in [1.82, 2.24) is 18.7 Å². The summed E-state index contributed by atoms with van der Waals surface area (Å²) < 4.78 is 14.7. The first-order valence-electron chi connectivity index (χ1n) is 11.3. The van der Waals surface area contributed by atoms with E-state index in [1.165, 1.54) is 34.2 Å². The SMILES string of the molecule is COc1ccc(OC)c(C(=O)Cn2cnc3c2c(=O)n(CC(C)C)c(=O)n3-c2ccc(C)cc2)c1. The summed E-state index contributed by atoms with van der Waals surface area (Å²) in [5.41, 5.74) is 1.39. The van der Waals surface area contributed by atoms with Gasteiger partial charge < -0.3 is 14.0 Å². The average Bonchev–Trinajstić information content (AvgIpc) is 3.25. The zero-order chi connectivity index (χ0) is 25.3. The van der Waals surface area contributed by atoms with Gasteiger partial charge in [0, 0.05) is 6.54 Å². The molecule has 0 amide bonds. The molecule has 0 saturated heterocycles. The Morgan fingerprint density at radius 1 is 1.03 bits per heavy atom. The maximum atomic E-state index is 13.5. The number of benzene rings is 2. The van der Waals surface area contributed by atoms with Crippen molar-refractivity contribution in [3.8, 4) is 17.2 Å². The summed E-state index contributed by atoms with van der Waals surface area (Å²) in [4.78, 5) is 44.6. The molecule has 4 aromatic rings. The second-order valence-electron chi connectivity index (χ2n) is 8.80. The molecule has 0 spiro atoms. The third-order valence-corrected chi connectivity index (χ3v) is 5.76. The van der Waals surface area contributed by atoms with Gasteiger partial charge in [-0.05, 0) is 43.2 Å². The summed E-state index contributed by atoms with van der Waals surface area (Å²) >= 11 is 0. The zero-order valence-corrected chi connectivity index (χ0v) is 20.4. The minimum absolute atomic E-state index is 0.0587. The molecule has 0 radical (unpaired) electrons. The van der Waals surface area contributed by atoms with E-state index >= 15 is 0 Å². The maximum Gasteiger partial charge on any atom is 0.337 e.